The molecule has 3 aromatic rings. The highest BCUT2D eigenvalue weighted by molar-refractivity contribution is 6.04. The SMILES string of the molecule is CC(=O)Nc1ccc(C(=O)Nc2ccc(C3=CC4=CN(N5CCN(c6ccncc6)CC5)C=NC4C=C3)cc2)cc1. The molecule has 1 unspecified atom stereocenters. The van der Waals surface area contributed by atoms with Gasteiger partial charge in [0.25, 0.3) is 5.91 Å². The van der Waals surface area contributed by atoms with Crippen LogP contribution in [0.3, 0.4) is 0 Å². The van der Waals surface area contributed by atoms with Gasteiger partial charge in [-0.05, 0) is 71.3 Å². The van der Waals surface area contributed by atoms with Gasteiger partial charge in [-0.2, -0.15) is 0 Å². The first-order valence-corrected chi connectivity index (χ1v) is 13.6. The summed E-state index contributed by atoms with van der Waals surface area (Å²) in [5.74, 6) is -0.361. The number of hydrazine groups is 1. The molecule has 41 heavy (non-hydrogen) atoms. The molecule has 0 spiro atoms. The van der Waals surface area contributed by atoms with Crippen molar-refractivity contribution in [3.8, 4) is 0 Å². The van der Waals surface area contributed by atoms with Crippen LogP contribution in [0.5, 0.6) is 0 Å². The molecule has 0 radical (unpaired) electrons. The van der Waals surface area contributed by atoms with Crippen LogP contribution < -0.4 is 15.5 Å². The van der Waals surface area contributed by atoms with Crippen molar-refractivity contribution < 1.29 is 9.59 Å². The van der Waals surface area contributed by atoms with Crippen molar-refractivity contribution >= 4 is 40.8 Å². The van der Waals surface area contributed by atoms with Gasteiger partial charge in [0.2, 0.25) is 5.91 Å². The van der Waals surface area contributed by atoms with Crippen LogP contribution in [0.2, 0.25) is 0 Å². The van der Waals surface area contributed by atoms with E-state index in [-0.39, 0.29) is 17.9 Å². The molecule has 3 heterocycles. The van der Waals surface area contributed by atoms with Crippen molar-refractivity contribution in [3.05, 3.63) is 114 Å². The highest BCUT2D eigenvalue weighted by atomic mass is 16.2. The quantitative estimate of drug-likeness (QED) is 0.471. The van der Waals surface area contributed by atoms with Crippen LogP contribution in [0, 0.1) is 0 Å². The Kier molecular flexibility index (Phi) is 7.42. The number of pyridine rings is 1. The predicted octanol–water partition coefficient (Wildman–Crippen LogP) is 4.58. The number of nitrogens with one attached hydrogen (secondary N) is 2. The molecule has 9 heteroatoms. The topological polar surface area (TPSA) is 93.2 Å². The molecular weight excluding hydrogens is 514 g/mol. The maximum atomic E-state index is 12.7. The summed E-state index contributed by atoms with van der Waals surface area (Å²) in [7, 11) is 0. The predicted molar refractivity (Wildman–Crippen MR) is 162 cm³/mol. The Bertz CT molecular complexity index is 1540. The first-order valence-electron chi connectivity index (χ1n) is 13.6. The molecule has 1 aliphatic carbocycles. The number of aromatic nitrogens is 1. The Hall–Kier alpha value is -5.02. The van der Waals surface area contributed by atoms with Crippen LogP contribution in [-0.2, 0) is 4.79 Å². The van der Waals surface area contributed by atoms with Crippen molar-refractivity contribution in [2.24, 2.45) is 4.99 Å². The molecule has 0 saturated carbocycles. The second kappa shape index (κ2) is 11.6. The number of hydrogen-bond acceptors (Lipinski definition) is 7. The van der Waals surface area contributed by atoms with Gasteiger partial charge >= 0.3 is 0 Å². The summed E-state index contributed by atoms with van der Waals surface area (Å²) in [5, 5.41) is 10.1. The van der Waals surface area contributed by atoms with Crippen molar-refractivity contribution in [3.63, 3.8) is 0 Å². The summed E-state index contributed by atoms with van der Waals surface area (Å²) in [5.41, 5.74) is 6.38. The summed E-state index contributed by atoms with van der Waals surface area (Å²) in [4.78, 5) is 35.2. The second-order valence-electron chi connectivity index (χ2n) is 10.1. The number of anilines is 3. The van der Waals surface area contributed by atoms with E-state index in [1.807, 2.05) is 43.0 Å². The molecule has 1 atom stereocenters. The Labute approximate surface area is 239 Å². The van der Waals surface area contributed by atoms with E-state index in [9.17, 15) is 9.59 Å². The Morgan fingerprint density at radius 2 is 1.54 bits per heavy atom. The van der Waals surface area contributed by atoms with Gasteiger partial charge in [0.05, 0.1) is 6.04 Å². The molecule has 3 aliphatic rings. The number of carbonyl (C=O) groups is 2. The number of hydrogen-bond donors (Lipinski definition) is 2. The number of nitrogens with zero attached hydrogens (tertiary/aromatic N) is 5. The lowest BCUT2D eigenvalue weighted by Crippen LogP contribution is -2.52. The number of piperazine rings is 1. The normalized spacial score (nSPS) is 18.3. The summed E-state index contributed by atoms with van der Waals surface area (Å²) < 4.78 is 0. The van der Waals surface area contributed by atoms with Gasteiger partial charge in [0, 0.05) is 74.3 Å². The van der Waals surface area contributed by atoms with E-state index in [0.29, 0.717) is 16.9 Å². The maximum Gasteiger partial charge on any atom is 0.255 e. The first kappa shape index (κ1) is 26.2. The number of benzene rings is 2. The van der Waals surface area contributed by atoms with Gasteiger partial charge in [-0.1, -0.05) is 24.3 Å². The molecule has 206 valence electrons. The smallest absolute Gasteiger partial charge is 0.255 e. The van der Waals surface area contributed by atoms with Gasteiger partial charge in [-0.3, -0.25) is 24.6 Å². The molecule has 9 nitrogen and oxygen atoms in total. The monoisotopic (exact) mass is 545 g/mol. The molecule has 2 amide bonds. The van der Waals surface area contributed by atoms with E-state index < -0.39 is 0 Å². The summed E-state index contributed by atoms with van der Waals surface area (Å²) >= 11 is 0. The summed E-state index contributed by atoms with van der Waals surface area (Å²) in [6, 6.07) is 18.8. The van der Waals surface area contributed by atoms with E-state index in [0.717, 1.165) is 42.9 Å². The van der Waals surface area contributed by atoms with Crippen LogP contribution in [0.15, 0.2) is 108 Å². The van der Waals surface area contributed by atoms with Crippen molar-refractivity contribution in [2.75, 3.05) is 41.7 Å². The minimum Gasteiger partial charge on any atom is -0.369 e. The third-order valence-electron chi connectivity index (χ3n) is 7.30. The van der Waals surface area contributed by atoms with Crippen LogP contribution in [-0.4, -0.2) is 65.4 Å². The van der Waals surface area contributed by atoms with Crippen molar-refractivity contribution in [1.29, 1.82) is 0 Å². The van der Waals surface area contributed by atoms with Crippen molar-refractivity contribution in [1.82, 2.24) is 15.0 Å². The fraction of sp³-hybridized carbons (Fsp3) is 0.188. The number of amides is 2. The van der Waals surface area contributed by atoms with E-state index in [2.05, 4.69) is 67.1 Å². The summed E-state index contributed by atoms with van der Waals surface area (Å²) in [6.07, 6.45) is 14.2. The fourth-order valence-corrected chi connectivity index (χ4v) is 5.13. The lowest BCUT2D eigenvalue weighted by Gasteiger charge is -2.41. The van der Waals surface area contributed by atoms with E-state index in [1.165, 1.54) is 12.6 Å². The van der Waals surface area contributed by atoms with Gasteiger partial charge in [-0.25, -0.2) is 5.01 Å². The summed E-state index contributed by atoms with van der Waals surface area (Å²) in [6.45, 7) is 5.13. The second-order valence-corrected chi connectivity index (χ2v) is 10.1. The molecule has 2 aliphatic heterocycles. The Balaban J connectivity index is 1.08. The van der Waals surface area contributed by atoms with Crippen LogP contribution in [0.25, 0.3) is 5.57 Å². The Morgan fingerprint density at radius 1 is 0.854 bits per heavy atom. The Morgan fingerprint density at radius 3 is 2.24 bits per heavy atom. The third kappa shape index (κ3) is 6.10. The average molecular weight is 546 g/mol. The molecule has 6 rings (SSSR count). The number of allylic oxidation sites excluding steroid dienone is 2. The standard InChI is InChI=1S/C32H31N7O2/c1-23(40)35-28-9-4-25(5-10-28)32(41)36-29-7-2-24(3-8-29)26-6-11-31-27(20-26)21-39(22-34-31)38-18-16-37(17-19-38)30-12-14-33-15-13-30/h2-15,20-22,31H,16-19H2,1H3,(H,35,40)(H,36,41). The van der Waals surface area contributed by atoms with Gasteiger partial charge in [-0.15, -0.1) is 0 Å². The largest absolute Gasteiger partial charge is 0.369 e. The molecule has 2 aromatic carbocycles. The van der Waals surface area contributed by atoms with Gasteiger partial charge in [0.15, 0.2) is 0 Å². The lowest BCUT2D eigenvalue weighted by atomic mass is 9.93. The minimum atomic E-state index is -0.210. The van der Waals surface area contributed by atoms with Crippen molar-refractivity contribution in [2.45, 2.75) is 13.0 Å². The molecule has 1 fully saturated rings. The van der Waals surface area contributed by atoms with E-state index in [4.69, 9.17) is 4.99 Å². The molecule has 1 saturated heterocycles. The number of rotatable bonds is 6. The zero-order valence-electron chi connectivity index (χ0n) is 22.8. The molecular formula is C32H31N7O2. The number of fused-ring (bicyclic) bond motifs is 1. The lowest BCUT2D eigenvalue weighted by molar-refractivity contribution is -0.114. The first-order chi connectivity index (χ1) is 20.0. The zero-order valence-corrected chi connectivity index (χ0v) is 22.8. The fourth-order valence-electron chi connectivity index (χ4n) is 5.13. The average Bonchev–Trinajstić information content (AvgIpc) is 3.01. The molecule has 0 bridgehead atoms. The molecule has 1 aromatic heterocycles. The van der Waals surface area contributed by atoms with Crippen LogP contribution >= 0.6 is 0 Å². The van der Waals surface area contributed by atoms with E-state index >= 15 is 0 Å². The zero-order chi connectivity index (χ0) is 28.2. The highest BCUT2D eigenvalue weighted by Gasteiger charge is 2.24. The third-order valence-corrected chi connectivity index (χ3v) is 7.30. The van der Waals surface area contributed by atoms with Crippen LogP contribution in [0.1, 0.15) is 22.8 Å². The van der Waals surface area contributed by atoms with Gasteiger partial charge < -0.3 is 15.5 Å². The van der Waals surface area contributed by atoms with Crippen LogP contribution in [0.4, 0.5) is 17.1 Å². The highest BCUT2D eigenvalue weighted by Crippen LogP contribution is 2.29. The molecule has 2 N–H and O–H groups in total. The minimum absolute atomic E-state index is 0.0173. The maximum absolute atomic E-state index is 12.7. The number of aliphatic imine (C=N–C) groups is 1. The number of carbonyl (C=O) groups excluding carboxylic acids is 2. The van der Waals surface area contributed by atoms with Gasteiger partial charge in [0.1, 0.15) is 6.34 Å². The van der Waals surface area contributed by atoms with E-state index in [1.54, 1.807) is 24.3 Å².